The van der Waals surface area contributed by atoms with Crippen LogP contribution in [-0.4, -0.2) is 19.6 Å². The van der Waals surface area contributed by atoms with Gasteiger partial charge in [-0.3, -0.25) is 4.79 Å². The van der Waals surface area contributed by atoms with Crippen molar-refractivity contribution in [2.45, 2.75) is 5.92 Å². The molecule has 0 bridgehead atoms. The first-order chi connectivity index (χ1) is 9.29. The summed E-state index contributed by atoms with van der Waals surface area (Å²) in [7, 11) is 1.64. The largest absolute Gasteiger partial charge is 0.497 e. The lowest BCUT2D eigenvalue weighted by atomic mass is 9.90. The Morgan fingerprint density at radius 2 is 1.74 bits per heavy atom. The molecule has 96 valence electrons. The molecule has 0 radical (unpaired) electrons. The normalized spacial score (nSPS) is 18.1. The van der Waals surface area contributed by atoms with E-state index in [9.17, 15) is 4.79 Å². The molecule has 1 aliphatic heterocycles. The van der Waals surface area contributed by atoms with Crippen LogP contribution in [0.2, 0.25) is 0 Å². The molecule has 1 amide bonds. The van der Waals surface area contributed by atoms with Crippen molar-refractivity contribution in [2.24, 2.45) is 0 Å². The number of carbonyl (C=O) groups excluding carboxylic acids is 1. The molecule has 1 atom stereocenters. The number of para-hydroxylation sites is 1. The van der Waals surface area contributed by atoms with E-state index in [-0.39, 0.29) is 11.8 Å². The summed E-state index contributed by atoms with van der Waals surface area (Å²) in [4.78, 5) is 14.0. The average molecular weight is 253 g/mol. The summed E-state index contributed by atoms with van der Waals surface area (Å²) in [5.41, 5.74) is 2.02. The summed E-state index contributed by atoms with van der Waals surface area (Å²) >= 11 is 0. The predicted octanol–water partition coefficient (Wildman–Crippen LogP) is 2.83. The number of ether oxygens (including phenoxy) is 1. The maximum atomic E-state index is 12.2. The van der Waals surface area contributed by atoms with Crippen molar-refractivity contribution >= 4 is 11.6 Å². The van der Waals surface area contributed by atoms with Gasteiger partial charge in [0.1, 0.15) is 5.75 Å². The van der Waals surface area contributed by atoms with Crippen molar-refractivity contribution in [3.05, 3.63) is 60.2 Å². The topological polar surface area (TPSA) is 29.5 Å². The minimum atomic E-state index is -0.0221. The standard InChI is InChI=1S/C16H15NO2/c1-19-14-9-7-12(8-10-14)15-11-17(16(15)18)13-5-3-2-4-6-13/h2-10,15H,11H2,1H3/t15-/m0/s1. The lowest BCUT2D eigenvalue weighted by molar-refractivity contribution is -0.124. The zero-order valence-electron chi connectivity index (χ0n) is 10.7. The lowest BCUT2D eigenvalue weighted by Gasteiger charge is -2.38. The monoisotopic (exact) mass is 253 g/mol. The average Bonchev–Trinajstić information content (AvgIpc) is 2.47. The zero-order chi connectivity index (χ0) is 13.2. The number of hydrogen-bond acceptors (Lipinski definition) is 2. The number of nitrogens with zero attached hydrogens (tertiary/aromatic N) is 1. The highest BCUT2D eigenvalue weighted by molar-refractivity contribution is 6.04. The van der Waals surface area contributed by atoms with E-state index in [0.29, 0.717) is 0 Å². The molecule has 0 N–H and O–H groups in total. The van der Waals surface area contributed by atoms with Crippen molar-refractivity contribution < 1.29 is 9.53 Å². The van der Waals surface area contributed by atoms with Gasteiger partial charge in [0.05, 0.1) is 13.0 Å². The van der Waals surface area contributed by atoms with Crippen LogP contribution in [0.15, 0.2) is 54.6 Å². The molecule has 3 nitrogen and oxygen atoms in total. The van der Waals surface area contributed by atoms with Gasteiger partial charge in [-0.2, -0.15) is 0 Å². The maximum absolute atomic E-state index is 12.2. The fourth-order valence-electron chi connectivity index (χ4n) is 2.35. The Morgan fingerprint density at radius 3 is 2.32 bits per heavy atom. The molecular formula is C16H15NO2. The predicted molar refractivity (Wildman–Crippen MR) is 74.5 cm³/mol. The fraction of sp³-hybridized carbons (Fsp3) is 0.188. The van der Waals surface area contributed by atoms with E-state index >= 15 is 0 Å². The Labute approximate surface area is 112 Å². The van der Waals surface area contributed by atoms with E-state index in [1.807, 2.05) is 59.5 Å². The summed E-state index contributed by atoms with van der Waals surface area (Å²) in [5.74, 6) is 0.956. The molecule has 19 heavy (non-hydrogen) atoms. The van der Waals surface area contributed by atoms with Crippen LogP contribution in [0.4, 0.5) is 5.69 Å². The van der Waals surface area contributed by atoms with Gasteiger partial charge in [0.2, 0.25) is 5.91 Å². The summed E-state index contributed by atoms with van der Waals surface area (Å²) < 4.78 is 5.12. The summed E-state index contributed by atoms with van der Waals surface area (Å²) in [6.45, 7) is 0.745. The first-order valence-corrected chi connectivity index (χ1v) is 6.30. The van der Waals surface area contributed by atoms with Gasteiger partial charge in [0.15, 0.2) is 0 Å². The maximum Gasteiger partial charge on any atom is 0.236 e. The van der Waals surface area contributed by atoms with Crippen LogP contribution in [0.5, 0.6) is 5.75 Å². The molecule has 1 heterocycles. The second kappa shape index (κ2) is 4.76. The second-order valence-corrected chi connectivity index (χ2v) is 4.61. The Balaban J connectivity index is 1.74. The van der Waals surface area contributed by atoms with E-state index in [0.717, 1.165) is 23.5 Å². The molecule has 0 aliphatic carbocycles. The van der Waals surface area contributed by atoms with Gasteiger partial charge in [0, 0.05) is 12.2 Å². The fourth-order valence-corrected chi connectivity index (χ4v) is 2.35. The number of hydrogen-bond donors (Lipinski definition) is 0. The molecule has 3 rings (SSSR count). The highest BCUT2D eigenvalue weighted by Gasteiger charge is 2.38. The minimum Gasteiger partial charge on any atom is -0.497 e. The van der Waals surface area contributed by atoms with Crippen LogP contribution in [0.25, 0.3) is 0 Å². The SMILES string of the molecule is COc1ccc([C@@H]2CN(c3ccccc3)C2=O)cc1. The van der Waals surface area contributed by atoms with Crippen molar-refractivity contribution in [3.8, 4) is 5.75 Å². The molecule has 1 fully saturated rings. The molecule has 0 aromatic heterocycles. The van der Waals surface area contributed by atoms with Gasteiger partial charge < -0.3 is 9.64 Å². The zero-order valence-corrected chi connectivity index (χ0v) is 10.7. The Morgan fingerprint density at radius 1 is 1.05 bits per heavy atom. The van der Waals surface area contributed by atoms with Crippen LogP contribution in [0, 0.1) is 0 Å². The van der Waals surface area contributed by atoms with Gasteiger partial charge in [-0.05, 0) is 29.8 Å². The third-order valence-electron chi connectivity index (χ3n) is 3.52. The number of amides is 1. The third kappa shape index (κ3) is 2.08. The molecule has 2 aromatic rings. The van der Waals surface area contributed by atoms with E-state index < -0.39 is 0 Å². The number of benzene rings is 2. The van der Waals surface area contributed by atoms with Crippen LogP contribution in [0.1, 0.15) is 11.5 Å². The van der Waals surface area contributed by atoms with Gasteiger partial charge in [-0.25, -0.2) is 0 Å². The van der Waals surface area contributed by atoms with E-state index in [2.05, 4.69) is 0 Å². The Kier molecular flexibility index (Phi) is 2.95. The van der Waals surface area contributed by atoms with Crippen LogP contribution in [-0.2, 0) is 4.79 Å². The van der Waals surface area contributed by atoms with E-state index in [1.54, 1.807) is 7.11 Å². The summed E-state index contributed by atoms with van der Waals surface area (Å²) in [6, 6.07) is 17.5. The highest BCUT2D eigenvalue weighted by Crippen LogP contribution is 2.33. The van der Waals surface area contributed by atoms with Gasteiger partial charge in [-0.1, -0.05) is 30.3 Å². The number of rotatable bonds is 3. The second-order valence-electron chi connectivity index (χ2n) is 4.61. The Bertz CT molecular complexity index is 577. The van der Waals surface area contributed by atoms with Crippen molar-refractivity contribution in [3.63, 3.8) is 0 Å². The van der Waals surface area contributed by atoms with Gasteiger partial charge in [0.25, 0.3) is 0 Å². The van der Waals surface area contributed by atoms with Gasteiger partial charge >= 0.3 is 0 Å². The number of anilines is 1. The lowest BCUT2D eigenvalue weighted by Crippen LogP contribution is -2.50. The molecule has 1 aliphatic rings. The molecular weight excluding hydrogens is 238 g/mol. The molecule has 0 saturated carbocycles. The van der Waals surface area contributed by atoms with Crippen molar-refractivity contribution in [1.82, 2.24) is 0 Å². The number of methoxy groups -OCH3 is 1. The third-order valence-corrected chi connectivity index (χ3v) is 3.52. The Hall–Kier alpha value is -2.29. The quantitative estimate of drug-likeness (QED) is 0.787. The van der Waals surface area contributed by atoms with E-state index in [1.165, 1.54) is 0 Å². The van der Waals surface area contributed by atoms with Gasteiger partial charge in [-0.15, -0.1) is 0 Å². The molecule has 1 saturated heterocycles. The molecule has 2 aromatic carbocycles. The first-order valence-electron chi connectivity index (χ1n) is 6.30. The van der Waals surface area contributed by atoms with E-state index in [4.69, 9.17) is 4.74 Å². The smallest absolute Gasteiger partial charge is 0.236 e. The molecule has 3 heteroatoms. The van der Waals surface area contributed by atoms with Crippen molar-refractivity contribution in [1.29, 1.82) is 0 Å². The molecule has 0 unspecified atom stereocenters. The summed E-state index contributed by atoms with van der Waals surface area (Å²) in [6.07, 6.45) is 0. The van der Waals surface area contributed by atoms with Crippen molar-refractivity contribution in [2.75, 3.05) is 18.6 Å². The van der Waals surface area contributed by atoms with Crippen LogP contribution < -0.4 is 9.64 Å². The van der Waals surface area contributed by atoms with Crippen LogP contribution in [0.3, 0.4) is 0 Å². The van der Waals surface area contributed by atoms with Crippen LogP contribution >= 0.6 is 0 Å². The highest BCUT2D eigenvalue weighted by atomic mass is 16.5. The first kappa shape index (κ1) is 11.8. The number of β-lactam (4-membered cyclic amide) rings is 1. The number of carbonyl (C=O) groups is 1. The molecule has 0 spiro atoms. The minimum absolute atomic E-state index is 0.0221. The summed E-state index contributed by atoms with van der Waals surface area (Å²) in [5, 5.41) is 0.